The first-order valence-corrected chi connectivity index (χ1v) is 7.33. The number of aromatic nitrogens is 1. The van der Waals surface area contributed by atoms with Crippen LogP contribution in [0.25, 0.3) is 11.7 Å². The molecule has 0 radical (unpaired) electrons. The van der Waals surface area contributed by atoms with Gasteiger partial charge in [0.25, 0.3) is 5.89 Å². The summed E-state index contributed by atoms with van der Waals surface area (Å²) in [5, 5.41) is 0.172. The van der Waals surface area contributed by atoms with Crippen molar-refractivity contribution in [3.8, 4) is 11.7 Å². The first kappa shape index (κ1) is 14.7. The maximum Gasteiger partial charge on any atom is 0.306 e. The zero-order valence-electron chi connectivity index (χ0n) is 11.7. The van der Waals surface area contributed by atoms with Crippen LogP contribution in [0.2, 0.25) is 0 Å². The lowest BCUT2D eigenvalue weighted by atomic mass is 10.3. The summed E-state index contributed by atoms with van der Waals surface area (Å²) in [7, 11) is 1.40. The van der Waals surface area contributed by atoms with Crippen LogP contribution in [0.4, 0.5) is 0 Å². The van der Waals surface area contributed by atoms with E-state index in [0.29, 0.717) is 23.8 Å². The van der Waals surface area contributed by atoms with Gasteiger partial charge in [0.05, 0.1) is 25.5 Å². The van der Waals surface area contributed by atoms with E-state index in [9.17, 15) is 4.79 Å². The average Bonchev–Trinajstić information content (AvgIpc) is 3.05. The summed E-state index contributed by atoms with van der Waals surface area (Å²) >= 11 is 1.64. The van der Waals surface area contributed by atoms with Crippen LogP contribution < -0.4 is 0 Å². The molecule has 2 rings (SSSR count). The molecule has 0 spiro atoms. The van der Waals surface area contributed by atoms with Crippen molar-refractivity contribution < 1.29 is 18.4 Å². The van der Waals surface area contributed by atoms with Gasteiger partial charge < -0.3 is 13.6 Å². The molecule has 0 aliphatic heterocycles. The van der Waals surface area contributed by atoms with Crippen LogP contribution in [0.15, 0.2) is 27.2 Å². The largest absolute Gasteiger partial charge is 0.469 e. The number of methoxy groups -OCH3 is 1. The monoisotopic (exact) mass is 295 g/mol. The summed E-state index contributed by atoms with van der Waals surface area (Å²) < 4.78 is 15.5. The first-order chi connectivity index (χ1) is 9.60. The van der Waals surface area contributed by atoms with Gasteiger partial charge in [0.15, 0.2) is 5.76 Å². The molecule has 6 heteroatoms. The second kappa shape index (κ2) is 6.65. The van der Waals surface area contributed by atoms with E-state index in [0.717, 1.165) is 11.5 Å². The molecular weight excluding hydrogens is 278 g/mol. The molecular formula is C14H17NO4S. The van der Waals surface area contributed by atoms with Crippen LogP contribution in [0, 0.1) is 6.92 Å². The van der Waals surface area contributed by atoms with E-state index in [-0.39, 0.29) is 11.2 Å². The van der Waals surface area contributed by atoms with Crippen LogP contribution in [0.3, 0.4) is 0 Å². The van der Waals surface area contributed by atoms with Crippen LogP contribution in [0.5, 0.6) is 0 Å². The topological polar surface area (TPSA) is 65.5 Å². The van der Waals surface area contributed by atoms with E-state index in [1.54, 1.807) is 24.1 Å². The zero-order chi connectivity index (χ0) is 14.5. The summed E-state index contributed by atoms with van der Waals surface area (Å²) in [4.78, 5) is 15.6. The van der Waals surface area contributed by atoms with E-state index in [1.165, 1.54) is 7.11 Å². The maximum absolute atomic E-state index is 11.2. The standard InChI is InChI=1S/C14H17NO4S/c1-9(7-13(16)17-3)20-8-11-10(2)19-14(15-11)12-5-4-6-18-12/h4-6,9H,7-8H2,1-3H3/t9-/m1/s1. The number of ether oxygens (including phenoxy) is 1. The summed E-state index contributed by atoms with van der Waals surface area (Å²) in [6.45, 7) is 3.87. The van der Waals surface area contributed by atoms with Crippen molar-refractivity contribution in [2.24, 2.45) is 0 Å². The van der Waals surface area contributed by atoms with Gasteiger partial charge in [0, 0.05) is 11.0 Å². The fourth-order valence-corrected chi connectivity index (χ4v) is 2.63. The zero-order valence-corrected chi connectivity index (χ0v) is 12.5. The Kier molecular flexibility index (Phi) is 4.89. The normalized spacial score (nSPS) is 12.3. The molecule has 20 heavy (non-hydrogen) atoms. The summed E-state index contributed by atoms with van der Waals surface area (Å²) in [6.07, 6.45) is 1.98. The molecule has 0 saturated heterocycles. The highest BCUT2D eigenvalue weighted by molar-refractivity contribution is 7.99. The number of oxazole rings is 1. The number of rotatable bonds is 6. The van der Waals surface area contributed by atoms with E-state index >= 15 is 0 Å². The van der Waals surface area contributed by atoms with Crippen molar-refractivity contribution >= 4 is 17.7 Å². The maximum atomic E-state index is 11.2. The molecule has 0 aromatic carbocycles. The van der Waals surface area contributed by atoms with Gasteiger partial charge in [-0.1, -0.05) is 6.92 Å². The Bertz CT molecular complexity index is 562. The fourth-order valence-electron chi connectivity index (χ4n) is 1.67. The molecule has 0 aliphatic rings. The molecule has 0 saturated carbocycles. The molecule has 0 unspecified atom stereocenters. The number of thioether (sulfide) groups is 1. The number of hydrogen-bond acceptors (Lipinski definition) is 6. The van der Waals surface area contributed by atoms with E-state index in [4.69, 9.17) is 8.83 Å². The Labute approximate surface area is 121 Å². The van der Waals surface area contributed by atoms with Crippen molar-refractivity contribution in [3.05, 3.63) is 29.9 Å². The quantitative estimate of drug-likeness (QED) is 0.761. The molecule has 0 fully saturated rings. The lowest BCUT2D eigenvalue weighted by molar-refractivity contribution is -0.140. The predicted octanol–water partition coefficient (Wildman–Crippen LogP) is 3.43. The van der Waals surface area contributed by atoms with Crippen LogP contribution in [-0.4, -0.2) is 23.3 Å². The van der Waals surface area contributed by atoms with E-state index in [2.05, 4.69) is 9.72 Å². The number of esters is 1. The summed E-state index contributed by atoms with van der Waals surface area (Å²) in [6, 6.07) is 3.60. The van der Waals surface area contributed by atoms with Crippen molar-refractivity contribution in [2.75, 3.05) is 7.11 Å². The Morgan fingerprint density at radius 2 is 2.35 bits per heavy atom. The van der Waals surface area contributed by atoms with Gasteiger partial charge in [0.1, 0.15) is 5.76 Å². The second-order valence-corrected chi connectivity index (χ2v) is 5.83. The lowest BCUT2D eigenvalue weighted by Gasteiger charge is -2.08. The lowest BCUT2D eigenvalue weighted by Crippen LogP contribution is -2.08. The summed E-state index contributed by atoms with van der Waals surface area (Å²) in [5.74, 6) is 2.37. The number of aryl methyl sites for hydroxylation is 1. The SMILES string of the molecule is COC(=O)C[C@@H](C)SCc1nc(-c2ccco2)oc1C. The fraction of sp³-hybridized carbons (Fsp3) is 0.429. The van der Waals surface area contributed by atoms with Gasteiger partial charge in [-0.3, -0.25) is 4.79 Å². The van der Waals surface area contributed by atoms with Gasteiger partial charge in [-0.15, -0.1) is 0 Å². The second-order valence-electron chi connectivity index (χ2n) is 4.40. The Morgan fingerprint density at radius 3 is 3.00 bits per heavy atom. The Morgan fingerprint density at radius 1 is 1.55 bits per heavy atom. The highest BCUT2D eigenvalue weighted by atomic mass is 32.2. The van der Waals surface area contributed by atoms with Crippen molar-refractivity contribution in [1.29, 1.82) is 0 Å². The van der Waals surface area contributed by atoms with Crippen molar-refractivity contribution in [1.82, 2.24) is 4.98 Å². The molecule has 2 aromatic rings. The smallest absolute Gasteiger partial charge is 0.306 e. The third-order valence-corrected chi connectivity index (χ3v) is 3.99. The van der Waals surface area contributed by atoms with E-state index in [1.807, 2.05) is 19.9 Å². The van der Waals surface area contributed by atoms with Crippen LogP contribution in [-0.2, 0) is 15.3 Å². The first-order valence-electron chi connectivity index (χ1n) is 6.28. The minimum Gasteiger partial charge on any atom is -0.469 e. The molecule has 108 valence electrons. The van der Waals surface area contributed by atoms with Gasteiger partial charge in [-0.05, 0) is 19.1 Å². The van der Waals surface area contributed by atoms with Crippen molar-refractivity contribution in [3.63, 3.8) is 0 Å². The van der Waals surface area contributed by atoms with Gasteiger partial charge in [-0.25, -0.2) is 4.98 Å². The molecule has 1 atom stereocenters. The summed E-state index contributed by atoms with van der Waals surface area (Å²) in [5.41, 5.74) is 0.873. The number of nitrogens with zero attached hydrogens (tertiary/aromatic N) is 1. The van der Waals surface area contributed by atoms with Crippen LogP contribution in [0.1, 0.15) is 24.8 Å². The molecule has 5 nitrogen and oxygen atoms in total. The number of carbonyl (C=O) groups excluding carboxylic acids is 1. The van der Waals surface area contributed by atoms with Crippen molar-refractivity contribution in [2.45, 2.75) is 31.3 Å². The highest BCUT2D eigenvalue weighted by Crippen LogP contribution is 2.26. The average molecular weight is 295 g/mol. The minimum atomic E-state index is -0.196. The molecule has 2 heterocycles. The third kappa shape index (κ3) is 3.66. The van der Waals surface area contributed by atoms with Gasteiger partial charge in [0.2, 0.25) is 0 Å². The van der Waals surface area contributed by atoms with E-state index < -0.39 is 0 Å². The van der Waals surface area contributed by atoms with Gasteiger partial charge in [-0.2, -0.15) is 11.8 Å². The molecule has 2 aromatic heterocycles. The minimum absolute atomic E-state index is 0.172. The molecule has 0 amide bonds. The Hall–Kier alpha value is -1.69. The predicted molar refractivity (Wildman–Crippen MR) is 76.3 cm³/mol. The number of hydrogen-bond donors (Lipinski definition) is 0. The molecule has 0 bridgehead atoms. The number of carbonyl (C=O) groups is 1. The molecule has 0 aliphatic carbocycles. The van der Waals surface area contributed by atoms with Crippen LogP contribution >= 0.6 is 11.8 Å². The van der Waals surface area contributed by atoms with Gasteiger partial charge >= 0.3 is 5.97 Å². The Balaban J connectivity index is 1.95. The number of furan rings is 1. The third-order valence-electron chi connectivity index (χ3n) is 2.81. The highest BCUT2D eigenvalue weighted by Gasteiger charge is 2.15. The molecule has 0 N–H and O–H groups in total.